The topological polar surface area (TPSA) is 63.6 Å². The highest BCUT2D eigenvalue weighted by atomic mass is 16.6. The molecule has 0 spiro atoms. The van der Waals surface area contributed by atoms with E-state index in [2.05, 4.69) is 0 Å². The molecule has 0 rings (SSSR count). The lowest BCUT2D eigenvalue weighted by molar-refractivity contribution is -0.155. The largest absolute Gasteiger partial charge is 0.481 e. The van der Waals surface area contributed by atoms with Crippen molar-refractivity contribution in [1.29, 1.82) is 0 Å². The van der Waals surface area contributed by atoms with Crippen LogP contribution < -0.4 is 0 Å². The van der Waals surface area contributed by atoms with Gasteiger partial charge in [0.25, 0.3) is 0 Å². The predicted octanol–water partition coefficient (Wildman–Crippen LogP) is 6.65. The molecule has 26 heavy (non-hydrogen) atoms. The molecule has 0 unspecified atom stereocenters. The Morgan fingerprint density at radius 3 is 1.23 bits per heavy atom. The SMILES string of the molecule is CC(C)(C)OC(=O)CCCCCCCCCCCCCCCCC(=O)O. The molecule has 0 saturated heterocycles. The van der Waals surface area contributed by atoms with E-state index in [9.17, 15) is 9.59 Å². The van der Waals surface area contributed by atoms with Crippen molar-refractivity contribution in [2.75, 3.05) is 0 Å². The van der Waals surface area contributed by atoms with Crippen LogP contribution in [-0.2, 0) is 14.3 Å². The predicted molar refractivity (Wildman–Crippen MR) is 107 cm³/mol. The number of ether oxygens (including phenoxy) is 1. The molecule has 154 valence electrons. The van der Waals surface area contributed by atoms with Crippen molar-refractivity contribution in [3.05, 3.63) is 0 Å². The van der Waals surface area contributed by atoms with Crippen LogP contribution in [0.1, 0.15) is 124 Å². The third-order valence-corrected chi connectivity index (χ3v) is 4.44. The van der Waals surface area contributed by atoms with Crippen LogP contribution in [0.15, 0.2) is 0 Å². The number of hydrogen-bond acceptors (Lipinski definition) is 3. The average Bonchev–Trinajstić information content (AvgIpc) is 2.52. The van der Waals surface area contributed by atoms with Gasteiger partial charge in [0.1, 0.15) is 5.60 Å². The van der Waals surface area contributed by atoms with E-state index in [1.165, 1.54) is 64.2 Å². The molecule has 0 fully saturated rings. The van der Waals surface area contributed by atoms with Gasteiger partial charge >= 0.3 is 11.9 Å². The van der Waals surface area contributed by atoms with E-state index in [1.54, 1.807) is 0 Å². The summed E-state index contributed by atoms with van der Waals surface area (Å²) in [6.07, 6.45) is 17.6. The van der Waals surface area contributed by atoms with E-state index in [-0.39, 0.29) is 11.6 Å². The first-order valence-corrected chi connectivity index (χ1v) is 10.7. The van der Waals surface area contributed by atoms with Gasteiger partial charge in [-0.2, -0.15) is 0 Å². The lowest BCUT2D eigenvalue weighted by Gasteiger charge is -2.19. The van der Waals surface area contributed by atoms with Crippen LogP contribution in [0.4, 0.5) is 0 Å². The van der Waals surface area contributed by atoms with Gasteiger partial charge in [0, 0.05) is 12.8 Å². The van der Waals surface area contributed by atoms with E-state index in [1.807, 2.05) is 20.8 Å². The molecule has 0 bridgehead atoms. The van der Waals surface area contributed by atoms with Gasteiger partial charge in [0.2, 0.25) is 0 Å². The highest BCUT2D eigenvalue weighted by Crippen LogP contribution is 2.14. The molecular weight excluding hydrogens is 328 g/mol. The van der Waals surface area contributed by atoms with Gasteiger partial charge < -0.3 is 9.84 Å². The summed E-state index contributed by atoms with van der Waals surface area (Å²) in [6.45, 7) is 5.73. The van der Waals surface area contributed by atoms with Crippen molar-refractivity contribution in [2.45, 2.75) is 129 Å². The molecule has 0 atom stereocenters. The van der Waals surface area contributed by atoms with E-state index >= 15 is 0 Å². The summed E-state index contributed by atoms with van der Waals surface area (Å²) in [5, 5.41) is 8.56. The first-order chi connectivity index (χ1) is 12.3. The summed E-state index contributed by atoms with van der Waals surface area (Å²) in [5.74, 6) is -0.743. The number of aliphatic carboxylic acids is 1. The van der Waals surface area contributed by atoms with E-state index in [0.717, 1.165) is 25.7 Å². The normalized spacial score (nSPS) is 11.5. The van der Waals surface area contributed by atoms with Crippen molar-refractivity contribution in [3.8, 4) is 0 Å². The number of carbonyl (C=O) groups excluding carboxylic acids is 1. The zero-order valence-electron chi connectivity index (χ0n) is 17.5. The molecule has 0 aliphatic rings. The number of esters is 1. The minimum absolute atomic E-state index is 0.0700. The van der Waals surface area contributed by atoms with Gasteiger partial charge in [0.05, 0.1) is 0 Å². The van der Waals surface area contributed by atoms with Gasteiger partial charge in [0.15, 0.2) is 0 Å². The highest BCUT2D eigenvalue weighted by Gasteiger charge is 2.15. The van der Waals surface area contributed by atoms with Crippen LogP contribution in [0.25, 0.3) is 0 Å². The Bertz CT molecular complexity index is 358. The number of carboxylic acids is 1. The molecule has 0 heterocycles. The third kappa shape index (κ3) is 21.0. The fourth-order valence-corrected chi connectivity index (χ4v) is 3.06. The van der Waals surface area contributed by atoms with Crippen LogP contribution in [-0.4, -0.2) is 22.6 Å². The lowest BCUT2D eigenvalue weighted by atomic mass is 10.0. The Morgan fingerprint density at radius 1 is 0.615 bits per heavy atom. The molecule has 0 saturated carbocycles. The summed E-state index contributed by atoms with van der Waals surface area (Å²) in [6, 6.07) is 0. The Balaban J connectivity index is 3.16. The summed E-state index contributed by atoms with van der Waals surface area (Å²) in [5.41, 5.74) is -0.364. The molecular formula is C22H42O4. The van der Waals surface area contributed by atoms with Gasteiger partial charge in [-0.25, -0.2) is 0 Å². The maximum Gasteiger partial charge on any atom is 0.306 e. The number of rotatable bonds is 17. The average molecular weight is 371 g/mol. The van der Waals surface area contributed by atoms with Gasteiger partial charge in [-0.1, -0.05) is 77.0 Å². The van der Waals surface area contributed by atoms with Crippen LogP contribution >= 0.6 is 0 Å². The number of hydrogen-bond donors (Lipinski definition) is 1. The third-order valence-electron chi connectivity index (χ3n) is 4.44. The lowest BCUT2D eigenvalue weighted by Crippen LogP contribution is -2.23. The van der Waals surface area contributed by atoms with E-state index in [4.69, 9.17) is 9.84 Å². The summed E-state index contributed by atoms with van der Waals surface area (Å²) >= 11 is 0. The quantitative estimate of drug-likeness (QED) is 0.230. The standard InChI is InChI=1S/C22H42O4/c1-22(2,3)26-21(25)19-17-15-13-11-9-7-5-4-6-8-10-12-14-16-18-20(23)24/h4-19H2,1-3H3,(H,23,24). The monoisotopic (exact) mass is 370 g/mol. The molecule has 4 nitrogen and oxygen atoms in total. The van der Waals surface area contributed by atoms with Crippen LogP contribution in [0.2, 0.25) is 0 Å². The minimum atomic E-state index is -0.673. The molecule has 0 radical (unpaired) electrons. The summed E-state index contributed by atoms with van der Waals surface area (Å²) < 4.78 is 5.30. The van der Waals surface area contributed by atoms with Crippen molar-refractivity contribution in [3.63, 3.8) is 0 Å². The molecule has 0 aliphatic carbocycles. The second-order valence-corrected chi connectivity index (χ2v) is 8.43. The van der Waals surface area contributed by atoms with Crippen LogP contribution in [0.5, 0.6) is 0 Å². The van der Waals surface area contributed by atoms with Crippen molar-refractivity contribution in [2.24, 2.45) is 0 Å². The molecule has 4 heteroatoms. The summed E-state index contributed by atoms with van der Waals surface area (Å²) in [4.78, 5) is 22.0. The second kappa shape index (κ2) is 16.1. The zero-order chi connectivity index (χ0) is 19.7. The first kappa shape index (κ1) is 24.9. The molecule has 1 N–H and O–H groups in total. The fourth-order valence-electron chi connectivity index (χ4n) is 3.06. The first-order valence-electron chi connectivity index (χ1n) is 10.7. The molecule has 0 aromatic carbocycles. The molecule has 0 aliphatic heterocycles. The maximum atomic E-state index is 11.6. The van der Waals surface area contributed by atoms with Gasteiger partial charge in [-0.3, -0.25) is 9.59 Å². The van der Waals surface area contributed by atoms with Crippen LogP contribution in [0, 0.1) is 0 Å². The Kier molecular flexibility index (Phi) is 15.5. The number of unbranched alkanes of at least 4 members (excludes halogenated alkanes) is 13. The molecule has 0 aromatic heterocycles. The van der Waals surface area contributed by atoms with Gasteiger partial charge in [-0.15, -0.1) is 0 Å². The van der Waals surface area contributed by atoms with Gasteiger partial charge in [-0.05, 0) is 33.6 Å². The summed E-state index contributed by atoms with van der Waals surface area (Å²) in [7, 11) is 0. The Morgan fingerprint density at radius 2 is 0.923 bits per heavy atom. The van der Waals surface area contributed by atoms with Crippen molar-refractivity contribution in [1.82, 2.24) is 0 Å². The Hall–Kier alpha value is -1.06. The highest BCUT2D eigenvalue weighted by molar-refractivity contribution is 5.69. The van der Waals surface area contributed by atoms with E-state index < -0.39 is 5.97 Å². The molecule has 0 amide bonds. The fraction of sp³-hybridized carbons (Fsp3) is 0.909. The van der Waals surface area contributed by atoms with Crippen LogP contribution in [0.3, 0.4) is 0 Å². The zero-order valence-corrected chi connectivity index (χ0v) is 17.5. The Labute approximate surface area is 161 Å². The van der Waals surface area contributed by atoms with Crippen molar-refractivity contribution < 1.29 is 19.4 Å². The number of carbonyl (C=O) groups is 2. The second-order valence-electron chi connectivity index (χ2n) is 8.43. The maximum absolute atomic E-state index is 11.6. The van der Waals surface area contributed by atoms with Crippen molar-refractivity contribution >= 4 is 11.9 Å². The number of carboxylic acid groups (broad SMARTS) is 1. The smallest absolute Gasteiger partial charge is 0.306 e. The minimum Gasteiger partial charge on any atom is -0.481 e. The van der Waals surface area contributed by atoms with E-state index in [0.29, 0.717) is 12.8 Å². The molecule has 0 aromatic rings.